The van der Waals surface area contributed by atoms with Gasteiger partial charge in [-0.15, -0.1) is 0 Å². The van der Waals surface area contributed by atoms with Crippen molar-refractivity contribution >= 4 is 5.78 Å². The Morgan fingerprint density at radius 2 is 1.40 bits per heavy atom. The fourth-order valence-corrected chi connectivity index (χ4v) is 1.58. The fraction of sp³-hybridized carbons (Fsp3) is 0.786. The molecule has 0 heterocycles. The molecule has 0 unspecified atom stereocenters. The summed E-state index contributed by atoms with van der Waals surface area (Å²) in [7, 11) is 0. The summed E-state index contributed by atoms with van der Waals surface area (Å²) in [5.74, 6) is 0.411. The summed E-state index contributed by atoms with van der Waals surface area (Å²) in [4.78, 5) is 11.0. The maximum atomic E-state index is 11.0. The largest absolute Gasteiger partial charge is 0.300 e. The quantitative estimate of drug-likeness (QED) is 0.378. The van der Waals surface area contributed by atoms with E-state index in [0.29, 0.717) is 12.2 Å². The highest BCUT2D eigenvalue weighted by Gasteiger charge is 1.97. The predicted molar refractivity (Wildman–Crippen MR) is 67.0 cm³/mol. The van der Waals surface area contributed by atoms with Crippen LogP contribution in [0.15, 0.2) is 12.2 Å². The molecular formula is C14H26O. The third-order valence-electron chi connectivity index (χ3n) is 2.88. The molecular weight excluding hydrogens is 184 g/mol. The van der Waals surface area contributed by atoms with E-state index in [2.05, 4.69) is 13.5 Å². The zero-order valence-electron chi connectivity index (χ0n) is 10.5. The molecule has 0 amide bonds. The van der Waals surface area contributed by atoms with Crippen LogP contribution in [0.25, 0.3) is 0 Å². The predicted octanol–water partition coefficient (Wildman–Crippen LogP) is 4.66. The molecule has 0 aliphatic heterocycles. The first-order valence-corrected chi connectivity index (χ1v) is 6.39. The topological polar surface area (TPSA) is 17.1 Å². The Balaban J connectivity index is 3.11. The number of unbranched alkanes of at least 4 members (excludes halogenated alkanes) is 4. The third-order valence-corrected chi connectivity index (χ3v) is 2.88. The monoisotopic (exact) mass is 210 g/mol. The standard InChI is InChI=1S/C14H26O/c1-4-13(3)11-9-7-6-8-10-12-14(15)5-2/h3-12H2,1-2H3. The lowest BCUT2D eigenvalue weighted by Gasteiger charge is -2.02. The first-order chi connectivity index (χ1) is 7.20. The van der Waals surface area contributed by atoms with Crippen LogP contribution in [-0.4, -0.2) is 5.78 Å². The second kappa shape index (κ2) is 9.95. The average molecular weight is 210 g/mol. The van der Waals surface area contributed by atoms with Gasteiger partial charge < -0.3 is 0 Å². The minimum atomic E-state index is 0.411. The van der Waals surface area contributed by atoms with Crippen LogP contribution in [0.4, 0.5) is 0 Å². The molecule has 0 saturated heterocycles. The lowest BCUT2D eigenvalue weighted by molar-refractivity contribution is -0.118. The molecule has 1 nitrogen and oxygen atoms in total. The third kappa shape index (κ3) is 9.71. The molecule has 0 saturated carbocycles. The Morgan fingerprint density at radius 1 is 0.867 bits per heavy atom. The average Bonchev–Trinajstić information content (AvgIpc) is 2.26. The summed E-state index contributed by atoms with van der Waals surface area (Å²) in [5.41, 5.74) is 1.37. The Bertz CT molecular complexity index is 162. The fourth-order valence-electron chi connectivity index (χ4n) is 1.58. The van der Waals surface area contributed by atoms with Crippen LogP contribution >= 0.6 is 0 Å². The Hall–Kier alpha value is -0.590. The van der Waals surface area contributed by atoms with E-state index in [4.69, 9.17) is 0 Å². The minimum Gasteiger partial charge on any atom is -0.300 e. The number of Topliss-reactive ketones (excluding diaryl/α,β-unsaturated/α-hetero) is 1. The van der Waals surface area contributed by atoms with Crippen LogP contribution in [0.2, 0.25) is 0 Å². The van der Waals surface area contributed by atoms with Crippen molar-refractivity contribution in [1.29, 1.82) is 0 Å². The summed E-state index contributed by atoms with van der Waals surface area (Å²) >= 11 is 0. The van der Waals surface area contributed by atoms with Gasteiger partial charge >= 0.3 is 0 Å². The highest BCUT2D eigenvalue weighted by molar-refractivity contribution is 5.77. The van der Waals surface area contributed by atoms with Gasteiger partial charge in [0, 0.05) is 12.8 Å². The highest BCUT2D eigenvalue weighted by atomic mass is 16.1. The summed E-state index contributed by atoms with van der Waals surface area (Å²) < 4.78 is 0. The van der Waals surface area contributed by atoms with Gasteiger partial charge in [-0.05, 0) is 25.7 Å². The van der Waals surface area contributed by atoms with Crippen LogP contribution in [0.1, 0.15) is 71.6 Å². The molecule has 0 rings (SSSR count). The van der Waals surface area contributed by atoms with Crippen LogP contribution in [0.5, 0.6) is 0 Å². The molecule has 0 N–H and O–H groups in total. The van der Waals surface area contributed by atoms with Gasteiger partial charge in [-0.1, -0.05) is 45.3 Å². The summed E-state index contributed by atoms with van der Waals surface area (Å²) in [6.45, 7) is 8.11. The maximum absolute atomic E-state index is 11.0. The molecule has 0 aromatic heterocycles. The second-order valence-corrected chi connectivity index (χ2v) is 4.26. The Kier molecular flexibility index (Phi) is 9.55. The number of hydrogen-bond donors (Lipinski definition) is 0. The smallest absolute Gasteiger partial charge is 0.132 e. The van der Waals surface area contributed by atoms with Gasteiger partial charge in [0.15, 0.2) is 0 Å². The van der Waals surface area contributed by atoms with E-state index in [-0.39, 0.29) is 0 Å². The maximum Gasteiger partial charge on any atom is 0.132 e. The highest BCUT2D eigenvalue weighted by Crippen LogP contribution is 2.12. The van der Waals surface area contributed by atoms with Crippen molar-refractivity contribution in [3.63, 3.8) is 0 Å². The molecule has 0 aliphatic rings. The SMILES string of the molecule is C=C(CC)CCCCCCCC(=O)CC. The first kappa shape index (κ1) is 14.4. The number of rotatable bonds is 10. The Labute approximate surface area is 95.0 Å². The molecule has 0 bridgehead atoms. The molecule has 0 spiro atoms. The van der Waals surface area contributed by atoms with E-state index in [9.17, 15) is 4.79 Å². The number of hydrogen-bond acceptors (Lipinski definition) is 1. The molecule has 0 fully saturated rings. The van der Waals surface area contributed by atoms with E-state index in [1.54, 1.807) is 0 Å². The number of allylic oxidation sites excluding steroid dienone is 1. The summed E-state index contributed by atoms with van der Waals surface area (Å²) in [5, 5.41) is 0. The zero-order chi connectivity index (χ0) is 11.5. The summed E-state index contributed by atoms with van der Waals surface area (Å²) in [6, 6.07) is 0. The Morgan fingerprint density at radius 3 is 1.93 bits per heavy atom. The van der Waals surface area contributed by atoms with Crippen molar-refractivity contribution in [3.8, 4) is 0 Å². The lowest BCUT2D eigenvalue weighted by Crippen LogP contribution is -1.94. The van der Waals surface area contributed by atoms with Crippen molar-refractivity contribution in [1.82, 2.24) is 0 Å². The van der Waals surface area contributed by atoms with E-state index in [1.165, 1.54) is 37.7 Å². The van der Waals surface area contributed by atoms with Crippen LogP contribution in [-0.2, 0) is 4.79 Å². The van der Waals surface area contributed by atoms with Crippen molar-refractivity contribution in [3.05, 3.63) is 12.2 Å². The van der Waals surface area contributed by atoms with Gasteiger partial charge in [0.2, 0.25) is 0 Å². The molecule has 15 heavy (non-hydrogen) atoms. The van der Waals surface area contributed by atoms with Gasteiger partial charge in [0.05, 0.1) is 0 Å². The van der Waals surface area contributed by atoms with Crippen molar-refractivity contribution in [2.45, 2.75) is 71.6 Å². The van der Waals surface area contributed by atoms with E-state index >= 15 is 0 Å². The lowest BCUT2D eigenvalue weighted by atomic mass is 10.0. The molecule has 0 aliphatic carbocycles. The molecule has 0 atom stereocenters. The van der Waals surface area contributed by atoms with E-state index in [1.807, 2.05) is 6.92 Å². The van der Waals surface area contributed by atoms with Crippen molar-refractivity contribution in [2.24, 2.45) is 0 Å². The van der Waals surface area contributed by atoms with Gasteiger partial charge in [-0.25, -0.2) is 0 Å². The number of carbonyl (C=O) groups excluding carboxylic acids is 1. The molecule has 1 heteroatoms. The molecule has 0 aromatic carbocycles. The molecule has 88 valence electrons. The van der Waals surface area contributed by atoms with E-state index < -0.39 is 0 Å². The van der Waals surface area contributed by atoms with Crippen LogP contribution in [0, 0.1) is 0 Å². The van der Waals surface area contributed by atoms with Gasteiger partial charge in [-0.2, -0.15) is 0 Å². The molecule has 0 radical (unpaired) electrons. The van der Waals surface area contributed by atoms with E-state index in [0.717, 1.165) is 19.3 Å². The van der Waals surface area contributed by atoms with Crippen LogP contribution < -0.4 is 0 Å². The summed E-state index contributed by atoms with van der Waals surface area (Å²) in [6.07, 6.45) is 9.93. The minimum absolute atomic E-state index is 0.411. The van der Waals surface area contributed by atoms with Gasteiger partial charge in [-0.3, -0.25) is 4.79 Å². The number of carbonyl (C=O) groups is 1. The first-order valence-electron chi connectivity index (χ1n) is 6.39. The zero-order valence-corrected chi connectivity index (χ0v) is 10.5. The van der Waals surface area contributed by atoms with Crippen LogP contribution in [0.3, 0.4) is 0 Å². The van der Waals surface area contributed by atoms with Crippen molar-refractivity contribution < 1.29 is 4.79 Å². The van der Waals surface area contributed by atoms with Gasteiger partial charge in [0.25, 0.3) is 0 Å². The molecule has 0 aromatic rings. The van der Waals surface area contributed by atoms with Crippen molar-refractivity contribution in [2.75, 3.05) is 0 Å². The van der Waals surface area contributed by atoms with Gasteiger partial charge in [0.1, 0.15) is 5.78 Å². The number of ketones is 1. The second-order valence-electron chi connectivity index (χ2n) is 4.26. The normalized spacial score (nSPS) is 10.3.